The zero-order chi connectivity index (χ0) is 23.1. The highest BCUT2D eigenvalue weighted by atomic mass is 32.2. The van der Waals surface area contributed by atoms with E-state index in [0.717, 1.165) is 0 Å². The minimum atomic E-state index is -3.87. The highest BCUT2D eigenvalue weighted by Gasteiger charge is 2.17. The van der Waals surface area contributed by atoms with Gasteiger partial charge >= 0.3 is 0 Å². The number of benzene rings is 3. The third-order valence-electron chi connectivity index (χ3n) is 4.50. The summed E-state index contributed by atoms with van der Waals surface area (Å²) in [6.45, 7) is 1.75. The van der Waals surface area contributed by atoms with Crippen LogP contribution in [0.4, 0.5) is 17.1 Å². The Labute approximate surface area is 186 Å². The van der Waals surface area contributed by atoms with Gasteiger partial charge in [0.25, 0.3) is 15.9 Å². The molecule has 0 saturated carbocycles. The number of para-hydroxylation sites is 2. The molecule has 0 unspecified atom stereocenters. The molecule has 32 heavy (non-hydrogen) atoms. The molecular weight excluding hydrogens is 430 g/mol. The molecule has 0 heterocycles. The van der Waals surface area contributed by atoms with Crippen LogP contribution in [0, 0.1) is 0 Å². The molecule has 3 aromatic rings. The Balaban J connectivity index is 1.72. The molecule has 166 valence electrons. The van der Waals surface area contributed by atoms with Gasteiger partial charge in [0.2, 0.25) is 5.91 Å². The molecule has 3 aromatic carbocycles. The van der Waals surface area contributed by atoms with Crippen molar-refractivity contribution in [1.29, 1.82) is 0 Å². The standard InChI is InChI=1S/C23H23N3O5S/c1-3-22(27)24-17-7-6-8-18(15-17)25-23(28)16-11-13-19(14-12-16)32(29,30)26-20-9-4-5-10-21(20)31-2/h4-15,26H,3H2,1-2H3,(H,24,27)(H,25,28). The smallest absolute Gasteiger partial charge is 0.262 e. The molecule has 0 aliphatic rings. The lowest BCUT2D eigenvalue weighted by Gasteiger charge is -2.12. The number of rotatable bonds is 8. The third-order valence-corrected chi connectivity index (χ3v) is 5.88. The lowest BCUT2D eigenvalue weighted by molar-refractivity contribution is -0.115. The van der Waals surface area contributed by atoms with Gasteiger partial charge in [0.05, 0.1) is 17.7 Å². The summed E-state index contributed by atoms with van der Waals surface area (Å²) in [6, 6.07) is 19.0. The number of carbonyl (C=O) groups excluding carboxylic acids is 2. The highest BCUT2D eigenvalue weighted by Crippen LogP contribution is 2.26. The van der Waals surface area contributed by atoms with Crippen LogP contribution >= 0.6 is 0 Å². The van der Waals surface area contributed by atoms with Crippen molar-refractivity contribution >= 4 is 38.9 Å². The molecule has 8 nitrogen and oxygen atoms in total. The Hall–Kier alpha value is -3.85. The first-order chi connectivity index (χ1) is 15.3. The zero-order valence-electron chi connectivity index (χ0n) is 17.6. The highest BCUT2D eigenvalue weighted by molar-refractivity contribution is 7.92. The first kappa shape index (κ1) is 22.8. The van der Waals surface area contributed by atoms with Crippen LogP contribution in [0.3, 0.4) is 0 Å². The van der Waals surface area contributed by atoms with Crippen LogP contribution in [0.15, 0.2) is 77.7 Å². The van der Waals surface area contributed by atoms with Gasteiger partial charge in [0.15, 0.2) is 0 Å². The van der Waals surface area contributed by atoms with E-state index in [1.165, 1.54) is 31.4 Å². The van der Waals surface area contributed by atoms with Gasteiger partial charge in [-0.25, -0.2) is 8.42 Å². The van der Waals surface area contributed by atoms with E-state index in [4.69, 9.17) is 4.74 Å². The summed E-state index contributed by atoms with van der Waals surface area (Å²) in [4.78, 5) is 24.1. The van der Waals surface area contributed by atoms with Crippen molar-refractivity contribution in [3.8, 4) is 5.75 Å². The molecule has 0 aliphatic carbocycles. The molecule has 0 bridgehead atoms. The molecule has 0 fully saturated rings. The Bertz CT molecular complexity index is 1220. The van der Waals surface area contributed by atoms with E-state index < -0.39 is 15.9 Å². The zero-order valence-corrected chi connectivity index (χ0v) is 18.4. The van der Waals surface area contributed by atoms with Gasteiger partial charge in [-0.3, -0.25) is 14.3 Å². The molecule has 3 rings (SSSR count). The van der Waals surface area contributed by atoms with Crippen molar-refractivity contribution in [2.24, 2.45) is 0 Å². The number of methoxy groups -OCH3 is 1. The molecule has 0 aliphatic heterocycles. The summed E-state index contributed by atoms with van der Waals surface area (Å²) in [7, 11) is -2.42. The Morgan fingerprint density at radius 2 is 1.53 bits per heavy atom. The SMILES string of the molecule is CCC(=O)Nc1cccc(NC(=O)c2ccc(S(=O)(=O)Nc3ccccc3OC)cc2)c1. The summed E-state index contributed by atoms with van der Waals surface area (Å²) in [5, 5.41) is 5.46. The van der Waals surface area contributed by atoms with E-state index in [1.807, 2.05) is 0 Å². The van der Waals surface area contributed by atoms with Gasteiger partial charge in [-0.05, 0) is 54.6 Å². The van der Waals surface area contributed by atoms with Gasteiger partial charge in [0.1, 0.15) is 5.75 Å². The average Bonchev–Trinajstić information content (AvgIpc) is 2.79. The molecule has 0 aromatic heterocycles. The maximum Gasteiger partial charge on any atom is 0.262 e. The predicted molar refractivity (Wildman–Crippen MR) is 124 cm³/mol. The van der Waals surface area contributed by atoms with Crippen molar-refractivity contribution in [1.82, 2.24) is 0 Å². The molecule has 0 radical (unpaired) electrons. The van der Waals surface area contributed by atoms with Gasteiger partial charge in [-0.15, -0.1) is 0 Å². The summed E-state index contributed by atoms with van der Waals surface area (Å²) >= 11 is 0. The second-order valence-corrected chi connectivity index (χ2v) is 8.45. The van der Waals surface area contributed by atoms with E-state index in [9.17, 15) is 18.0 Å². The van der Waals surface area contributed by atoms with E-state index in [2.05, 4.69) is 15.4 Å². The fourth-order valence-corrected chi connectivity index (χ4v) is 3.92. The second-order valence-electron chi connectivity index (χ2n) is 6.77. The van der Waals surface area contributed by atoms with Gasteiger partial charge in [-0.2, -0.15) is 0 Å². The van der Waals surface area contributed by atoms with Gasteiger partial charge in [0, 0.05) is 23.4 Å². The average molecular weight is 454 g/mol. The first-order valence-electron chi connectivity index (χ1n) is 9.79. The van der Waals surface area contributed by atoms with Crippen LogP contribution in [-0.4, -0.2) is 27.3 Å². The quantitative estimate of drug-likeness (QED) is 0.475. The fourth-order valence-electron chi connectivity index (χ4n) is 2.85. The first-order valence-corrected chi connectivity index (χ1v) is 11.3. The van der Waals surface area contributed by atoms with Crippen molar-refractivity contribution in [2.75, 3.05) is 22.5 Å². The van der Waals surface area contributed by atoms with E-state index in [1.54, 1.807) is 55.5 Å². The molecule has 0 spiro atoms. The number of ether oxygens (including phenoxy) is 1. The Morgan fingerprint density at radius 1 is 0.875 bits per heavy atom. The van der Waals surface area contributed by atoms with Crippen LogP contribution in [0.25, 0.3) is 0 Å². The summed E-state index contributed by atoms with van der Waals surface area (Å²) < 4.78 is 33.0. The van der Waals surface area contributed by atoms with E-state index >= 15 is 0 Å². The molecule has 0 saturated heterocycles. The Kier molecular flexibility index (Phi) is 7.11. The van der Waals surface area contributed by atoms with Crippen LogP contribution in [0.2, 0.25) is 0 Å². The lowest BCUT2D eigenvalue weighted by Crippen LogP contribution is -2.15. The normalized spacial score (nSPS) is 10.8. The number of hydrogen-bond donors (Lipinski definition) is 3. The summed E-state index contributed by atoms with van der Waals surface area (Å²) in [5.74, 6) is -0.151. The van der Waals surface area contributed by atoms with Crippen LogP contribution < -0.4 is 20.1 Å². The van der Waals surface area contributed by atoms with Crippen molar-refractivity contribution in [3.63, 3.8) is 0 Å². The second kappa shape index (κ2) is 9.97. The van der Waals surface area contributed by atoms with Gasteiger partial charge < -0.3 is 15.4 Å². The number of hydrogen-bond acceptors (Lipinski definition) is 5. The molecule has 3 N–H and O–H groups in total. The number of amides is 2. The number of anilines is 3. The maximum absolute atomic E-state index is 12.7. The number of sulfonamides is 1. The van der Waals surface area contributed by atoms with Crippen LogP contribution in [-0.2, 0) is 14.8 Å². The van der Waals surface area contributed by atoms with Crippen molar-refractivity contribution in [2.45, 2.75) is 18.2 Å². The summed E-state index contributed by atoms with van der Waals surface area (Å²) in [5.41, 5.74) is 1.66. The van der Waals surface area contributed by atoms with Crippen LogP contribution in [0.5, 0.6) is 5.75 Å². The minimum Gasteiger partial charge on any atom is -0.495 e. The topological polar surface area (TPSA) is 114 Å². The molecule has 0 atom stereocenters. The fraction of sp³-hybridized carbons (Fsp3) is 0.130. The largest absolute Gasteiger partial charge is 0.495 e. The number of nitrogens with one attached hydrogen (secondary N) is 3. The summed E-state index contributed by atoms with van der Waals surface area (Å²) in [6.07, 6.45) is 0.345. The van der Waals surface area contributed by atoms with Gasteiger partial charge in [-0.1, -0.05) is 25.1 Å². The molecular formula is C23H23N3O5S. The van der Waals surface area contributed by atoms with Crippen LogP contribution in [0.1, 0.15) is 23.7 Å². The molecule has 2 amide bonds. The number of carbonyl (C=O) groups is 2. The third kappa shape index (κ3) is 5.64. The van der Waals surface area contributed by atoms with E-state index in [-0.39, 0.29) is 16.4 Å². The predicted octanol–water partition coefficient (Wildman–Crippen LogP) is 4.10. The van der Waals surface area contributed by atoms with Crippen molar-refractivity contribution < 1.29 is 22.7 Å². The van der Waals surface area contributed by atoms with Crippen molar-refractivity contribution in [3.05, 3.63) is 78.4 Å². The Morgan fingerprint density at radius 3 is 2.19 bits per heavy atom. The monoisotopic (exact) mass is 453 g/mol. The maximum atomic E-state index is 12.7. The molecule has 9 heteroatoms. The van der Waals surface area contributed by atoms with E-state index in [0.29, 0.717) is 29.2 Å². The minimum absolute atomic E-state index is 0.00392. The lowest BCUT2D eigenvalue weighted by atomic mass is 10.2.